The highest BCUT2D eigenvalue weighted by atomic mass is 15.2. The van der Waals surface area contributed by atoms with Gasteiger partial charge in [0.2, 0.25) is 0 Å². The Morgan fingerprint density at radius 1 is 0.917 bits per heavy atom. The first kappa shape index (κ1) is 8.52. The van der Waals surface area contributed by atoms with Crippen LogP contribution in [0, 0.1) is 0 Å². The van der Waals surface area contributed by atoms with Gasteiger partial charge in [0.1, 0.15) is 0 Å². The van der Waals surface area contributed by atoms with Crippen molar-refractivity contribution in [2.45, 2.75) is 38.1 Å². The zero-order valence-corrected chi connectivity index (χ0v) is 7.89. The molecule has 2 fully saturated rings. The fraction of sp³-hybridized carbons (Fsp3) is 1.00. The van der Waals surface area contributed by atoms with Crippen molar-refractivity contribution >= 4 is 0 Å². The number of hydrogen-bond acceptors (Lipinski definition) is 2. The lowest BCUT2D eigenvalue weighted by molar-refractivity contribution is 0.212. The molecular formula is C10H20N2. The molecule has 1 saturated heterocycles. The van der Waals surface area contributed by atoms with Gasteiger partial charge in [-0.2, -0.15) is 0 Å². The molecule has 2 nitrogen and oxygen atoms in total. The molecule has 2 rings (SSSR count). The molecule has 0 spiro atoms. The molecule has 1 saturated carbocycles. The Balaban J connectivity index is 1.83. The predicted molar refractivity (Wildman–Crippen MR) is 51.3 cm³/mol. The van der Waals surface area contributed by atoms with Crippen LogP contribution >= 0.6 is 0 Å². The quantitative estimate of drug-likeness (QED) is 0.633. The van der Waals surface area contributed by atoms with Crippen LogP contribution in [0.4, 0.5) is 0 Å². The van der Waals surface area contributed by atoms with Crippen LogP contribution in [-0.4, -0.2) is 37.1 Å². The number of nitrogens with one attached hydrogen (secondary N) is 1. The minimum absolute atomic E-state index is 0.935. The van der Waals surface area contributed by atoms with Crippen LogP contribution in [0.15, 0.2) is 0 Å². The van der Waals surface area contributed by atoms with Crippen LogP contribution in [0.1, 0.15) is 32.1 Å². The third kappa shape index (κ3) is 1.99. The molecule has 70 valence electrons. The van der Waals surface area contributed by atoms with E-state index in [1.54, 1.807) is 0 Å². The van der Waals surface area contributed by atoms with E-state index in [2.05, 4.69) is 10.2 Å². The van der Waals surface area contributed by atoms with E-state index in [-0.39, 0.29) is 0 Å². The van der Waals surface area contributed by atoms with Crippen molar-refractivity contribution in [2.24, 2.45) is 0 Å². The van der Waals surface area contributed by atoms with Gasteiger partial charge in [0.25, 0.3) is 0 Å². The van der Waals surface area contributed by atoms with E-state index in [9.17, 15) is 0 Å². The molecule has 0 unspecified atom stereocenters. The second-order valence-corrected chi connectivity index (χ2v) is 4.08. The van der Waals surface area contributed by atoms with Gasteiger partial charge < -0.3 is 5.32 Å². The van der Waals surface area contributed by atoms with Crippen LogP contribution in [0.2, 0.25) is 0 Å². The average molecular weight is 168 g/mol. The first-order chi connectivity index (χ1) is 5.97. The largest absolute Gasteiger partial charge is 0.315 e. The molecule has 1 N–H and O–H groups in total. The fourth-order valence-electron chi connectivity index (χ4n) is 2.50. The lowest BCUT2D eigenvalue weighted by Crippen LogP contribution is -2.36. The third-order valence-electron chi connectivity index (χ3n) is 3.22. The molecule has 0 bridgehead atoms. The zero-order valence-electron chi connectivity index (χ0n) is 7.89. The smallest absolute Gasteiger partial charge is 0.0110 e. The molecule has 12 heavy (non-hydrogen) atoms. The number of nitrogens with zero attached hydrogens (tertiary/aromatic N) is 1. The van der Waals surface area contributed by atoms with Gasteiger partial charge in [0.05, 0.1) is 0 Å². The third-order valence-corrected chi connectivity index (χ3v) is 3.22. The molecule has 0 radical (unpaired) electrons. The van der Waals surface area contributed by atoms with Gasteiger partial charge in [-0.15, -0.1) is 0 Å². The summed E-state index contributed by atoms with van der Waals surface area (Å²) in [5.74, 6) is 0. The van der Waals surface area contributed by atoms with Gasteiger partial charge in [-0.05, 0) is 32.4 Å². The highest BCUT2D eigenvalue weighted by Crippen LogP contribution is 2.23. The second kappa shape index (κ2) is 4.24. The maximum absolute atomic E-state index is 3.46. The molecule has 1 aliphatic heterocycles. The summed E-state index contributed by atoms with van der Waals surface area (Å²) >= 11 is 0. The first-order valence-electron chi connectivity index (χ1n) is 5.41. The van der Waals surface area contributed by atoms with Gasteiger partial charge in [-0.1, -0.05) is 12.8 Å². The Morgan fingerprint density at radius 3 is 2.58 bits per heavy atom. The summed E-state index contributed by atoms with van der Waals surface area (Å²) in [4.78, 5) is 2.70. The Bertz CT molecular complexity index is 122. The maximum Gasteiger partial charge on any atom is 0.0110 e. The van der Waals surface area contributed by atoms with Crippen molar-refractivity contribution in [1.29, 1.82) is 0 Å². The lowest BCUT2D eigenvalue weighted by Gasteiger charge is -2.26. The van der Waals surface area contributed by atoms with Crippen molar-refractivity contribution < 1.29 is 0 Å². The van der Waals surface area contributed by atoms with E-state index in [1.807, 2.05) is 0 Å². The van der Waals surface area contributed by atoms with Crippen molar-refractivity contribution in [3.8, 4) is 0 Å². The number of rotatable bonds is 1. The van der Waals surface area contributed by atoms with Crippen molar-refractivity contribution in [1.82, 2.24) is 10.2 Å². The maximum atomic E-state index is 3.46. The Labute approximate surface area is 75.3 Å². The fourth-order valence-corrected chi connectivity index (χ4v) is 2.50. The van der Waals surface area contributed by atoms with Gasteiger partial charge in [0, 0.05) is 19.1 Å². The summed E-state index contributed by atoms with van der Waals surface area (Å²) in [5, 5.41) is 3.46. The van der Waals surface area contributed by atoms with Crippen molar-refractivity contribution in [3.05, 3.63) is 0 Å². The van der Waals surface area contributed by atoms with Crippen LogP contribution < -0.4 is 5.32 Å². The van der Waals surface area contributed by atoms with E-state index in [1.165, 1.54) is 58.3 Å². The minimum atomic E-state index is 0.935. The summed E-state index contributed by atoms with van der Waals surface area (Å²) in [5.41, 5.74) is 0. The minimum Gasteiger partial charge on any atom is -0.315 e. The standard InChI is InChI=1S/C10H20N2/c1-2-5-10(4-1)12-8-3-6-11-7-9-12/h10-11H,1-9H2. The summed E-state index contributed by atoms with van der Waals surface area (Å²) in [6, 6.07) is 0.935. The summed E-state index contributed by atoms with van der Waals surface area (Å²) in [6.45, 7) is 5.04. The first-order valence-corrected chi connectivity index (χ1v) is 5.41. The van der Waals surface area contributed by atoms with Crippen LogP contribution in [-0.2, 0) is 0 Å². The molecule has 0 atom stereocenters. The molecule has 2 aliphatic rings. The molecular weight excluding hydrogens is 148 g/mol. The summed E-state index contributed by atoms with van der Waals surface area (Å²) < 4.78 is 0. The monoisotopic (exact) mass is 168 g/mol. The van der Waals surface area contributed by atoms with E-state index in [4.69, 9.17) is 0 Å². The molecule has 0 amide bonds. The van der Waals surface area contributed by atoms with E-state index < -0.39 is 0 Å². The predicted octanol–water partition coefficient (Wildman–Crippen LogP) is 1.22. The normalized spacial score (nSPS) is 29.0. The Hall–Kier alpha value is -0.0800. The summed E-state index contributed by atoms with van der Waals surface area (Å²) in [6.07, 6.45) is 7.19. The van der Waals surface area contributed by atoms with Crippen molar-refractivity contribution in [3.63, 3.8) is 0 Å². The van der Waals surface area contributed by atoms with E-state index in [0.29, 0.717) is 0 Å². The second-order valence-electron chi connectivity index (χ2n) is 4.08. The highest BCUT2D eigenvalue weighted by molar-refractivity contribution is 4.79. The van der Waals surface area contributed by atoms with E-state index >= 15 is 0 Å². The van der Waals surface area contributed by atoms with Crippen LogP contribution in [0.5, 0.6) is 0 Å². The molecule has 0 aromatic heterocycles. The lowest BCUT2D eigenvalue weighted by atomic mass is 10.2. The van der Waals surface area contributed by atoms with Crippen molar-refractivity contribution in [2.75, 3.05) is 26.2 Å². The van der Waals surface area contributed by atoms with Gasteiger partial charge >= 0.3 is 0 Å². The van der Waals surface area contributed by atoms with Gasteiger partial charge in [0.15, 0.2) is 0 Å². The number of hydrogen-bond donors (Lipinski definition) is 1. The molecule has 2 heteroatoms. The average Bonchev–Trinajstić information content (AvgIpc) is 2.48. The topological polar surface area (TPSA) is 15.3 Å². The molecule has 1 heterocycles. The summed E-state index contributed by atoms with van der Waals surface area (Å²) in [7, 11) is 0. The van der Waals surface area contributed by atoms with Crippen LogP contribution in [0.25, 0.3) is 0 Å². The van der Waals surface area contributed by atoms with Gasteiger partial charge in [-0.3, -0.25) is 4.90 Å². The molecule has 1 aliphatic carbocycles. The molecule has 0 aromatic carbocycles. The molecule has 0 aromatic rings. The highest BCUT2D eigenvalue weighted by Gasteiger charge is 2.22. The Kier molecular flexibility index (Phi) is 3.01. The zero-order chi connectivity index (χ0) is 8.23. The Morgan fingerprint density at radius 2 is 1.75 bits per heavy atom. The van der Waals surface area contributed by atoms with Gasteiger partial charge in [-0.25, -0.2) is 0 Å². The SMILES string of the molecule is C1CCC(N2CCCNCC2)C1. The van der Waals surface area contributed by atoms with Crippen LogP contribution in [0.3, 0.4) is 0 Å². The van der Waals surface area contributed by atoms with E-state index in [0.717, 1.165) is 6.04 Å².